The maximum atomic E-state index is 12.3. The Morgan fingerprint density at radius 1 is 0.789 bits per heavy atom. The van der Waals surface area contributed by atoms with Crippen LogP contribution in [0.25, 0.3) is 0 Å². The van der Waals surface area contributed by atoms with Gasteiger partial charge in [-0.1, -0.05) is 0 Å². The van der Waals surface area contributed by atoms with Crippen LogP contribution in [0, 0.1) is 0 Å². The van der Waals surface area contributed by atoms with Crippen molar-refractivity contribution in [2.45, 2.75) is 24.1 Å². The fraction of sp³-hybridized carbons (Fsp3) is 1.00. The first-order valence-corrected chi connectivity index (χ1v) is 4.65. The van der Waals surface area contributed by atoms with E-state index in [1.807, 2.05) is 0 Å². The monoisotopic (exact) mass is 354 g/mol. The van der Waals surface area contributed by atoms with E-state index < -0.39 is 34.5 Å². The Kier molecular flexibility index (Phi) is 6.92. The van der Waals surface area contributed by atoms with Crippen LogP contribution in [0.1, 0.15) is 0 Å². The molecule has 0 fully saturated rings. The number of rotatable bonds is 4. The third-order valence-electron chi connectivity index (χ3n) is 1.32. The van der Waals surface area contributed by atoms with Crippen molar-refractivity contribution in [2.24, 2.45) is 0 Å². The van der Waals surface area contributed by atoms with E-state index in [0.717, 1.165) is 0 Å². The van der Waals surface area contributed by atoms with E-state index in [0.29, 0.717) is 0 Å². The molecule has 110 valence electrons. The topological polar surface area (TPSA) is 66.4 Å². The van der Waals surface area contributed by atoms with Crippen molar-refractivity contribution < 1.29 is 108 Å². The van der Waals surface area contributed by atoms with E-state index in [1.165, 1.54) is 0 Å². The summed E-state index contributed by atoms with van der Waals surface area (Å²) in [4.78, 5) is 0. The van der Waals surface area contributed by atoms with Crippen molar-refractivity contribution in [1.29, 1.82) is 0 Å². The number of hydrogen-bond donors (Lipinski definition) is 0. The number of halogens is 9. The zero-order chi connectivity index (χ0) is 15.2. The molecule has 0 saturated carbocycles. The van der Waals surface area contributed by atoms with Gasteiger partial charge in [-0.3, -0.25) is 0 Å². The van der Waals surface area contributed by atoms with Crippen LogP contribution in [-0.4, -0.2) is 37.1 Å². The molecule has 0 aliphatic carbocycles. The van der Waals surface area contributed by atoms with Crippen molar-refractivity contribution in [3.63, 3.8) is 0 Å². The molecule has 4 nitrogen and oxygen atoms in total. The average Bonchev–Trinajstić information content (AvgIpc) is 1.95. The molecule has 0 bridgehead atoms. The van der Waals surface area contributed by atoms with Gasteiger partial charge in [-0.25, -0.2) is 12.6 Å². The van der Waals surface area contributed by atoms with Crippen LogP contribution in [0.15, 0.2) is 0 Å². The van der Waals surface area contributed by atoms with Gasteiger partial charge in [-0.2, -0.15) is 39.5 Å². The summed E-state index contributed by atoms with van der Waals surface area (Å²) in [7, 11) is -6.65. The van der Waals surface area contributed by atoms with Gasteiger partial charge in [-0.05, 0) is 0 Å². The first-order chi connectivity index (χ1) is 7.46. The van der Waals surface area contributed by atoms with Gasteiger partial charge in [0.1, 0.15) is 0 Å². The van der Waals surface area contributed by atoms with Gasteiger partial charge in [0.25, 0.3) is 0 Å². The first-order valence-electron chi connectivity index (χ1n) is 3.32. The molecule has 0 atom stereocenters. The molecule has 0 rings (SSSR count). The fourth-order valence-corrected chi connectivity index (χ4v) is 0.902. The Hall–Kier alpha value is 0.876. The van der Waals surface area contributed by atoms with Crippen LogP contribution in [0.2, 0.25) is 0 Å². The second-order valence-electron chi connectivity index (χ2n) is 2.65. The summed E-state index contributed by atoms with van der Waals surface area (Å²) in [5.74, 6) is -14.6. The van der Waals surface area contributed by atoms with Gasteiger partial charge >= 0.3 is 75.5 Å². The Morgan fingerprint density at radius 3 is 1.32 bits per heavy atom. The predicted octanol–water partition coefficient (Wildman–Crippen LogP) is -1.11. The molecule has 15 heteroatoms. The molecule has 0 N–H and O–H groups in total. The third kappa shape index (κ3) is 4.68. The van der Waals surface area contributed by atoms with E-state index in [2.05, 4.69) is 0 Å². The molecule has 0 unspecified atom stereocenters. The fourth-order valence-electron chi connectivity index (χ4n) is 0.541. The molecular formula is C4F9KO4S. The minimum Gasteiger partial charge on any atom is -0.725 e. The summed E-state index contributed by atoms with van der Waals surface area (Å²) in [5.41, 5.74) is 0. The van der Waals surface area contributed by atoms with E-state index >= 15 is 0 Å². The molecule has 0 aromatic heterocycles. The molecule has 0 aromatic rings. The zero-order valence-electron chi connectivity index (χ0n) is 8.44. The summed E-state index contributed by atoms with van der Waals surface area (Å²) in [6.07, 6.45) is -14.0. The minimum atomic E-state index is -7.33. The molecule has 0 amide bonds. The van der Waals surface area contributed by atoms with Crippen LogP contribution >= 0.6 is 0 Å². The van der Waals surface area contributed by atoms with Crippen LogP contribution in [-0.2, 0) is 14.6 Å². The van der Waals surface area contributed by atoms with Gasteiger partial charge in [0.05, 0.1) is 0 Å². The summed E-state index contributed by atoms with van der Waals surface area (Å²) >= 11 is 0. The van der Waals surface area contributed by atoms with E-state index in [-0.39, 0.29) is 51.4 Å². The van der Waals surface area contributed by atoms with Gasteiger partial charge in [0, 0.05) is 0 Å². The van der Waals surface area contributed by atoms with E-state index in [4.69, 9.17) is 0 Å². The van der Waals surface area contributed by atoms with Crippen molar-refractivity contribution in [3.8, 4) is 0 Å². The van der Waals surface area contributed by atoms with Crippen LogP contribution in [0.4, 0.5) is 39.5 Å². The third-order valence-corrected chi connectivity index (χ3v) is 1.74. The minimum absolute atomic E-state index is 0. The molecule has 19 heavy (non-hydrogen) atoms. The van der Waals surface area contributed by atoms with Crippen molar-refractivity contribution in [1.82, 2.24) is 0 Å². The average molecular weight is 354 g/mol. The molecular weight excluding hydrogens is 354 g/mol. The Bertz CT molecular complexity index is 414. The molecule has 0 aliphatic heterocycles. The molecule has 0 aliphatic rings. The van der Waals surface area contributed by atoms with Crippen molar-refractivity contribution in [3.05, 3.63) is 0 Å². The Balaban J connectivity index is 0. The molecule has 0 spiro atoms. The van der Waals surface area contributed by atoms with Crippen molar-refractivity contribution >= 4 is 10.4 Å². The second-order valence-corrected chi connectivity index (χ2v) is 3.64. The van der Waals surface area contributed by atoms with Gasteiger partial charge in [0.2, 0.25) is 10.4 Å². The Morgan fingerprint density at radius 2 is 1.11 bits per heavy atom. The summed E-state index contributed by atoms with van der Waals surface area (Å²) in [6, 6.07) is 0. The van der Waals surface area contributed by atoms with E-state index in [1.54, 1.807) is 4.18 Å². The second kappa shape index (κ2) is 5.94. The van der Waals surface area contributed by atoms with Crippen molar-refractivity contribution in [2.75, 3.05) is 0 Å². The Labute approximate surface area is 141 Å². The summed E-state index contributed by atoms with van der Waals surface area (Å²) in [6.45, 7) is 0. The van der Waals surface area contributed by atoms with E-state index in [9.17, 15) is 52.5 Å². The normalized spacial score (nSPS) is 15.1. The molecule has 0 heterocycles. The van der Waals surface area contributed by atoms with Gasteiger partial charge in [-0.15, -0.1) is 0 Å². The number of hydrogen-bond acceptors (Lipinski definition) is 4. The zero-order valence-corrected chi connectivity index (χ0v) is 12.4. The summed E-state index contributed by atoms with van der Waals surface area (Å²) in [5, 5.41) is 0. The maximum Gasteiger partial charge on any atom is 1.00 e. The number of alkyl halides is 9. The quantitative estimate of drug-likeness (QED) is 0.278. The summed E-state index contributed by atoms with van der Waals surface area (Å²) < 4.78 is 138. The van der Waals surface area contributed by atoms with Gasteiger partial charge in [0.15, 0.2) is 0 Å². The standard InChI is InChI=1S/C4HF9O4S.K/c5-1(6,3(9,10)11)2(7,8)4(12,13)17-18(14,15)16;/h(H,14,15,16);/q;+1/p-1. The van der Waals surface area contributed by atoms with Crippen LogP contribution in [0.3, 0.4) is 0 Å². The van der Waals surface area contributed by atoms with Crippen LogP contribution < -0.4 is 51.4 Å². The van der Waals surface area contributed by atoms with Crippen LogP contribution in [0.5, 0.6) is 0 Å². The molecule has 0 radical (unpaired) electrons. The van der Waals surface area contributed by atoms with Gasteiger partial charge < -0.3 is 4.55 Å². The SMILES string of the molecule is O=S(=O)([O-])OC(F)(F)C(F)(F)C(F)(F)C(F)(F)F.[K+]. The first kappa shape index (κ1) is 22.2. The largest absolute Gasteiger partial charge is 1.00 e. The maximum absolute atomic E-state index is 12.3. The molecule has 0 aromatic carbocycles. The predicted molar refractivity (Wildman–Crippen MR) is 31.7 cm³/mol. The smallest absolute Gasteiger partial charge is 0.725 e. The molecule has 0 saturated heterocycles.